The Kier molecular flexibility index (Phi) is 7.95. The highest BCUT2D eigenvalue weighted by Gasteiger charge is 2.48. The van der Waals surface area contributed by atoms with E-state index >= 15 is 0 Å². The quantitative estimate of drug-likeness (QED) is 0.470. The monoisotopic (exact) mass is 416 g/mol. The van der Waals surface area contributed by atoms with Crippen LogP contribution >= 0.6 is 23.2 Å². The molecule has 5 nitrogen and oxygen atoms in total. The number of ether oxygens (including phenoxy) is 3. The molecule has 2 rings (SSSR count). The van der Waals surface area contributed by atoms with Gasteiger partial charge < -0.3 is 14.2 Å². The Labute approximate surface area is 170 Å². The lowest BCUT2D eigenvalue weighted by atomic mass is 9.82. The summed E-state index contributed by atoms with van der Waals surface area (Å²) in [6.07, 6.45) is 2.00. The van der Waals surface area contributed by atoms with E-state index < -0.39 is 22.9 Å². The molecular formula is C20H26Cl2O5. The number of carbonyl (C=O) groups is 2. The van der Waals surface area contributed by atoms with Crippen molar-refractivity contribution in [1.29, 1.82) is 0 Å². The number of esters is 2. The van der Waals surface area contributed by atoms with Crippen LogP contribution in [0.5, 0.6) is 0 Å². The van der Waals surface area contributed by atoms with Crippen LogP contribution in [0.4, 0.5) is 0 Å². The molecule has 0 N–H and O–H groups in total. The van der Waals surface area contributed by atoms with E-state index in [9.17, 15) is 9.59 Å². The van der Waals surface area contributed by atoms with Gasteiger partial charge in [0.2, 0.25) is 5.60 Å². The Balaban J connectivity index is 2.14. The van der Waals surface area contributed by atoms with E-state index in [0.29, 0.717) is 36.3 Å². The van der Waals surface area contributed by atoms with E-state index in [-0.39, 0.29) is 18.8 Å². The number of hydrogen-bond acceptors (Lipinski definition) is 5. The first-order chi connectivity index (χ1) is 12.8. The van der Waals surface area contributed by atoms with Crippen LogP contribution in [0.2, 0.25) is 5.02 Å². The third-order valence-corrected chi connectivity index (χ3v) is 5.29. The molecule has 27 heavy (non-hydrogen) atoms. The van der Waals surface area contributed by atoms with E-state index in [1.807, 2.05) is 13.8 Å². The highest BCUT2D eigenvalue weighted by molar-refractivity contribution is 6.35. The van der Waals surface area contributed by atoms with Crippen LogP contribution in [0.3, 0.4) is 0 Å². The van der Waals surface area contributed by atoms with Gasteiger partial charge in [-0.25, -0.2) is 4.79 Å². The molecule has 0 heterocycles. The van der Waals surface area contributed by atoms with Crippen molar-refractivity contribution in [2.24, 2.45) is 0 Å². The second-order valence-corrected chi connectivity index (χ2v) is 7.75. The van der Waals surface area contributed by atoms with Gasteiger partial charge in [0.1, 0.15) is 0 Å². The standard InChI is InChI=1S/C20H26Cl2O5/c1-4-25-19(24)20(11-9-14(10-12-20)26-13(2)3)27-18(23)17(22)15-7-5-6-8-16(15)21/h5-8,13-14,17H,4,9-12H2,1-3H3. The maximum Gasteiger partial charge on any atom is 0.350 e. The minimum absolute atomic E-state index is 0.0293. The van der Waals surface area contributed by atoms with Gasteiger partial charge in [-0.1, -0.05) is 29.8 Å². The molecule has 7 heteroatoms. The molecule has 0 amide bonds. The van der Waals surface area contributed by atoms with Gasteiger partial charge in [-0.15, -0.1) is 11.6 Å². The summed E-state index contributed by atoms with van der Waals surface area (Å²) < 4.78 is 16.7. The van der Waals surface area contributed by atoms with Crippen molar-refractivity contribution in [2.45, 2.75) is 69.6 Å². The van der Waals surface area contributed by atoms with Gasteiger partial charge in [-0.05, 0) is 45.2 Å². The zero-order valence-corrected chi connectivity index (χ0v) is 17.4. The van der Waals surface area contributed by atoms with Gasteiger partial charge in [0.05, 0.1) is 18.8 Å². The Morgan fingerprint density at radius 2 is 1.85 bits per heavy atom. The first-order valence-corrected chi connectivity index (χ1v) is 10.0. The van der Waals surface area contributed by atoms with E-state index in [0.717, 1.165) is 0 Å². The first-order valence-electron chi connectivity index (χ1n) is 9.23. The Bertz CT molecular complexity index is 654. The van der Waals surface area contributed by atoms with Crippen LogP contribution in [-0.2, 0) is 23.8 Å². The summed E-state index contributed by atoms with van der Waals surface area (Å²) >= 11 is 12.4. The second-order valence-electron chi connectivity index (χ2n) is 6.90. The van der Waals surface area contributed by atoms with Crippen LogP contribution in [0.25, 0.3) is 0 Å². The number of hydrogen-bond donors (Lipinski definition) is 0. The molecule has 1 aromatic carbocycles. The summed E-state index contributed by atoms with van der Waals surface area (Å²) in [4.78, 5) is 25.3. The summed E-state index contributed by atoms with van der Waals surface area (Å²) in [5.41, 5.74) is -0.889. The SMILES string of the molecule is CCOC(=O)C1(OC(=O)C(Cl)c2ccccc2Cl)CCC(OC(C)C)CC1. The van der Waals surface area contributed by atoms with Crippen LogP contribution < -0.4 is 0 Å². The van der Waals surface area contributed by atoms with Crippen molar-refractivity contribution < 1.29 is 23.8 Å². The zero-order chi connectivity index (χ0) is 20.0. The van der Waals surface area contributed by atoms with Crippen molar-refractivity contribution in [1.82, 2.24) is 0 Å². The van der Waals surface area contributed by atoms with E-state index in [4.69, 9.17) is 37.4 Å². The van der Waals surface area contributed by atoms with Crippen molar-refractivity contribution in [3.8, 4) is 0 Å². The number of alkyl halides is 1. The lowest BCUT2D eigenvalue weighted by Gasteiger charge is -2.38. The smallest absolute Gasteiger partial charge is 0.350 e. The van der Waals surface area contributed by atoms with Gasteiger partial charge in [0.25, 0.3) is 0 Å². The normalized spacial score (nSPS) is 23.7. The molecule has 1 saturated carbocycles. The average molecular weight is 417 g/mol. The fraction of sp³-hybridized carbons (Fsp3) is 0.600. The maximum atomic E-state index is 12.7. The molecule has 1 fully saturated rings. The Hall–Kier alpha value is -1.30. The molecule has 0 aliphatic heterocycles. The second kappa shape index (κ2) is 9.76. The third kappa shape index (κ3) is 5.59. The van der Waals surface area contributed by atoms with E-state index in [2.05, 4.69) is 0 Å². The van der Waals surface area contributed by atoms with Crippen molar-refractivity contribution >= 4 is 35.1 Å². The number of halogens is 2. The molecule has 1 aliphatic carbocycles. The van der Waals surface area contributed by atoms with Crippen LogP contribution in [0, 0.1) is 0 Å². The number of carbonyl (C=O) groups excluding carboxylic acids is 2. The van der Waals surface area contributed by atoms with Crippen LogP contribution in [0.1, 0.15) is 57.4 Å². The summed E-state index contributed by atoms with van der Waals surface area (Å²) in [5.74, 6) is -1.24. The first kappa shape index (κ1) is 22.0. The average Bonchev–Trinajstić information content (AvgIpc) is 2.63. The van der Waals surface area contributed by atoms with Crippen LogP contribution in [0.15, 0.2) is 24.3 Å². The molecule has 1 aromatic rings. The third-order valence-electron chi connectivity index (χ3n) is 4.53. The molecule has 0 bridgehead atoms. The molecule has 0 saturated heterocycles. The van der Waals surface area contributed by atoms with Gasteiger partial charge in [-0.2, -0.15) is 0 Å². The molecular weight excluding hydrogens is 391 g/mol. The van der Waals surface area contributed by atoms with Gasteiger partial charge in [0.15, 0.2) is 5.38 Å². The summed E-state index contributed by atoms with van der Waals surface area (Å²) in [7, 11) is 0. The van der Waals surface area contributed by atoms with Gasteiger partial charge >= 0.3 is 11.9 Å². The topological polar surface area (TPSA) is 61.8 Å². The molecule has 0 spiro atoms. The zero-order valence-electron chi connectivity index (χ0n) is 15.9. The van der Waals surface area contributed by atoms with Crippen molar-refractivity contribution in [3.63, 3.8) is 0 Å². The van der Waals surface area contributed by atoms with Crippen LogP contribution in [-0.4, -0.2) is 36.4 Å². The molecule has 0 aromatic heterocycles. The van der Waals surface area contributed by atoms with E-state index in [1.165, 1.54) is 0 Å². The predicted octanol–water partition coefficient (Wildman–Crippen LogP) is 4.83. The minimum atomic E-state index is -1.33. The predicted molar refractivity (Wildman–Crippen MR) is 104 cm³/mol. The minimum Gasteiger partial charge on any atom is -0.463 e. The Morgan fingerprint density at radius 3 is 2.41 bits per heavy atom. The van der Waals surface area contributed by atoms with E-state index in [1.54, 1.807) is 31.2 Å². The fourth-order valence-corrected chi connectivity index (χ4v) is 3.78. The summed E-state index contributed by atoms with van der Waals surface area (Å²) in [6, 6.07) is 6.79. The summed E-state index contributed by atoms with van der Waals surface area (Å²) in [6.45, 7) is 5.86. The van der Waals surface area contributed by atoms with Gasteiger partial charge in [-0.3, -0.25) is 4.79 Å². The lowest BCUT2D eigenvalue weighted by Crippen LogP contribution is -2.49. The molecule has 1 aliphatic rings. The highest BCUT2D eigenvalue weighted by Crippen LogP contribution is 2.37. The summed E-state index contributed by atoms with van der Waals surface area (Å²) in [5, 5.41) is -0.733. The van der Waals surface area contributed by atoms with Crippen molar-refractivity contribution in [2.75, 3.05) is 6.61 Å². The highest BCUT2D eigenvalue weighted by atomic mass is 35.5. The van der Waals surface area contributed by atoms with Crippen molar-refractivity contribution in [3.05, 3.63) is 34.9 Å². The lowest BCUT2D eigenvalue weighted by molar-refractivity contribution is -0.190. The Morgan fingerprint density at radius 1 is 1.22 bits per heavy atom. The molecule has 1 unspecified atom stereocenters. The van der Waals surface area contributed by atoms with Gasteiger partial charge in [0, 0.05) is 17.9 Å². The maximum absolute atomic E-state index is 12.7. The number of rotatable bonds is 7. The molecule has 1 atom stereocenters. The largest absolute Gasteiger partial charge is 0.463 e. The molecule has 150 valence electrons. The molecule has 0 radical (unpaired) electrons. The fourth-order valence-electron chi connectivity index (χ4n) is 3.24. The number of benzene rings is 1.